The van der Waals surface area contributed by atoms with Gasteiger partial charge in [-0.15, -0.1) is 0 Å². The zero-order chi connectivity index (χ0) is 49.6. The normalized spacial score (nSPS) is 9.41. The number of anilines is 3. The van der Waals surface area contributed by atoms with Crippen LogP contribution in [0.2, 0.25) is 0 Å². The van der Waals surface area contributed by atoms with Crippen LogP contribution in [0.25, 0.3) is 33.8 Å². The minimum absolute atomic E-state index is 0. The zero-order valence-electron chi connectivity index (χ0n) is 38.0. The average Bonchev–Trinajstić information content (AvgIpc) is 3.33. The number of hydrogen-bond acceptors (Lipinski definition) is 16. The summed E-state index contributed by atoms with van der Waals surface area (Å²) < 4.78 is 17.8. The molecule has 0 fully saturated rings. The van der Waals surface area contributed by atoms with E-state index in [4.69, 9.17) is 30.8 Å². The van der Waals surface area contributed by atoms with Crippen LogP contribution in [0.3, 0.4) is 0 Å². The number of benzene rings is 3. The Balaban J connectivity index is 0.000000475. The summed E-state index contributed by atoms with van der Waals surface area (Å²) in [6.45, 7) is 4.50. The van der Waals surface area contributed by atoms with Crippen LogP contribution in [-0.2, 0) is 32.9 Å². The second-order valence-electron chi connectivity index (χ2n) is 12.8. The van der Waals surface area contributed by atoms with E-state index in [1.54, 1.807) is 45.6 Å². The molecule has 3 heterocycles. The Hall–Kier alpha value is -7.28. The number of halogens is 1. The summed E-state index contributed by atoms with van der Waals surface area (Å²) in [4.78, 5) is 78.3. The Kier molecular flexibility index (Phi) is 28.7. The number of carbonyl (C=O) groups excluding carboxylic acids is 4. The first kappa shape index (κ1) is 58.7. The first-order valence-corrected chi connectivity index (χ1v) is 20.9. The average molecular weight is 1080 g/mol. The van der Waals surface area contributed by atoms with E-state index in [1.807, 2.05) is 78.1 Å². The van der Waals surface area contributed by atoms with Crippen LogP contribution in [0.4, 0.5) is 27.0 Å². The maximum atomic E-state index is 11.6. The van der Waals surface area contributed by atoms with Crippen molar-refractivity contribution in [3.8, 4) is 51.0 Å². The fraction of sp³-hybridized carbons (Fsp3) is 0.200. The van der Waals surface area contributed by atoms with Gasteiger partial charge in [0, 0.05) is 53.4 Å². The van der Waals surface area contributed by atoms with Crippen molar-refractivity contribution in [2.75, 3.05) is 57.3 Å². The van der Waals surface area contributed by atoms with Gasteiger partial charge in [0.25, 0.3) is 0 Å². The number of amides is 4. The van der Waals surface area contributed by atoms with Gasteiger partial charge in [-0.25, -0.2) is 39.5 Å². The first-order chi connectivity index (χ1) is 32.2. The second-order valence-corrected chi connectivity index (χ2v) is 14.1. The molecule has 0 saturated heterocycles. The quantitative estimate of drug-likeness (QED) is 0.0508. The van der Waals surface area contributed by atoms with Gasteiger partial charge in [0.1, 0.15) is 71.8 Å². The number of aliphatic carboxylic acids is 1. The van der Waals surface area contributed by atoms with E-state index in [9.17, 15) is 24.0 Å². The molecule has 68 heavy (non-hydrogen) atoms. The Morgan fingerprint density at radius 1 is 0.603 bits per heavy atom. The molecule has 0 spiro atoms. The summed E-state index contributed by atoms with van der Waals surface area (Å²) in [5.74, 6) is 1.89. The van der Waals surface area contributed by atoms with Crippen molar-refractivity contribution in [2.24, 2.45) is 5.73 Å². The van der Waals surface area contributed by atoms with Crippen LogP contribution in [0.5, 0.6) is 17.2 Å². The van der Waals surface area contributed by atoms with Crippen LogP contribution in [0.1, 0.15) is 20.8 Å². The molecule has 0 bridgehead atoms. The number of ketones is 2. The molecule has 6 rings (SSSR count). The van der Waals surface area contributed by atoms with Crippen molar-refractivity contribution in [1.29, 1.82) is 0 Å². The monoisotopic (exact) mass is 1080 g/mol. The SMILES string of the molecule is CC(=O)CN.COc1ccccc1-c1cc(N)ncn1.COc1ccccc1-c1cc(NC(=O)NCC(=O)O)ncn1.COc1ccccc1-c1cc(NC(=O)NCC(C)=O)ncn1.C[CH-]I.[V]. The summed E-state index contributed by atoms with van der Waals surface area (Å²) in [6, 6.07) is 26.1. The number of urea groups is 2. The van der Waals surface area contributed by atoms with E-state index < -0.39 is 24.6 Å². The third-order valence-corrected chi connectivity index (χ3v) is 7.84. The van der Waals surface area contributed by atoms with E-state index >= 15 is 0 Å². The standard InChI is InChI=1S/C15H16N4O3.C14H14N4O4.C11H11N3O.C3H7NO.C2H4I.V/c1-10(20)8-16-15(21)19-14-7-12(17-9-18-14)11-5-3-4-6-13(11)22-2;1-22-11-5-3-2-4-9(11)10-6-12(17-8-16-10)18-14(21)15-7-13(19)20;1-15-10-5-3-2-4-8(10)9-6-11(12)14-7-13-9;1-3(5)2-4;1-2-3;/h3-7,9H,8H2,1-2H3,(H2,16,17,18,19,21);2-6,8H,7H2,1H3,(H,19,20)(H2,15,16,17,18,21);2-7H,1H3,(H2,12,13,14);2,4H2,1H3;2H,1H3;/q;;;;-1;. The van der Waals surface area contributed by atoms with Crippen LogP contribution in [0.15, 0.2) is 110 Å². The van der Waals surface area contributed by atoms with Gasteiger partial charge in [-0.3, -0.25) is 29.4 Å². The van der Waals surface area contributed by atoms with Gasteiger partial charge < -0.3 is 64.0 Å². The number of ether oxygens (including phenoxy) is 3. The zero-order valence-corrected chi connectivity index (χ0v) is 41.5. The number of para-hydroxylation sites is 3. The van der Waals surface area contributed by atoms with Gasteiger partial charge in [-0.05, 0) is 50.2 Å². The first-order valence-electron chi connectivity index (χ1n) is 19.7. The molecular weight excluding hydrogens is 1030 g/mol. The number of carbonyl (C=O) groups is 5. The molecule has 0 aliphatic carbocycles. The Morgan fingerprint density at radius 3 is 1.26 bits per heavy atom. The van der Waals surface area contributed by atoms with Gasteiger partial charge in [0.15, 0.2) is 0 Å². The summed E-state index contributed by atoms with van der Waals surface area (Å²) in [7, 11) is 4.76. The molecule has 4 amide bonds. The van der Waals surface area contributed by atoms with Crippen molar-refractivity contribution in [2.45, 2.75) is 20.8 Å². The maximum Gasteiger partial charge on any atom is 0.323 e. The number of carboxylic acid groups (broad SMARTS) is 1. The minimum atomic E-state index is -1.13. The number of rotatable bonds is 13. The van der Waals surface area contributed by atoms with Gasteiger partial charge in [-0.2, -0.15) is 6.92 Å². The molecule has 0 aliphatic rings. The summed E-state index contributed by atoms with van der Waals surface area (Å²) in [5, 5.41) is 18.1. The number of carboxylic acids is 1. The smallest absolute Gasteiger partial charge is 0.323 e. The molecule has 21 nitrogen and oxygen atoms in total. The number of nitrogens with zero attached hydrogens (tertiary/aromatic N) is 6. The van der Waals surface area contributed by atoms with Crippen LogP contribution >= 0.6 is 22.6 Å². The molecule has 0 aliphatic heterocycles. The van der Waals surface area contributed by atoms with Crippen LogP contribution in [0, 0.1) is 4.43 Å². The third kappa shape index (κ3) is 22.3. The molecule has 0 atom stereocenters. The Labute approximate surface area is 419 Å². The fourth-order valence-electron chi connectivity index (χ4n) is 4.92. The molecule has 0 unspecified atom stereocenters. The van der Waals surface area contributed by atoms with Crippen LogP contribution < -0.4 is 46.9 Å². The van der Waals surface area contributed by atoms with Gasteiger partial charge >= 0.3 is 18.0 Å². The van der Waals surface area contributed by atoms with E-state index in [2.05, 4.69) is 73.8 Å². The number of methoxy groups -OCH3 is 3. The molecule has 1 radical (unpaired) electrons. The number of aromatic nitrogens is 6. The topological polar surface area (TPSA) is 311 Å². The van der Waals surface area contributed by atoms with Crippen molar-refractivity contribution in [1.82, 2.24) is 40.5 Å². The predicted molar refractivity (Wildman–Crippen MR) is 263 cm³/mol. The Morgan fingerprint density at radius 2 is 0.941 bits per heavy atom. The van der Waals surface area contributed by atoms with Crippen molar-refractivity contribution in [3.63, 3.8) is 0 Å². The number of Topliss-reactive ketones (excluding diaryl/α,β-unsaturated/α-hetero) is 2. The van der Waals surface area contributed by atoms with E-state index in [1.165, 1.54) is 32.8 Å². The summed E-state index contributed by atoms with van der Waals surface area (Å²) in [6.07, 6.45) is 4.09. The van der Waals surface area contributed by atoms with Gasteiger partial charge in [0.2, 0.25) is 0 Å². The molecular formula is C45H52IN12O9V-. The molecule has 23 heteroatoms. The molecule has 359 valence electrons. The van der Waals surface area contributed by atoms with E-state index in [0.717, 1.165) is 28.1 Å². The fourth-order valence-corrected chi connectivity index (χ4v) is 4.92. The number of nitrogens with one attached hydrogen (secondary N) is 4. The molecule has 0 saturated carbocycles. The molecule has 3 aromatic carbocycles. The van der Waals surface area contributed by atoms with Gasteiger partial charge in [0.05, 0.1) is 51.5 Å². The third-order valence-electron chi connectivity index (χ3n) is 7.84. The number of nitrogen functional groups attached to an aromatic ring is 1. The van der Waals surface area contributed by atoms with Crippen molar-refractivity contribution < 1.29 is 61.8 Å². The molecule has 9 N–H and O–H groups in total. The van der Waals surface area contributed by atoms with Crippen molar-refractivity contribution >= 4 is 69.6 Å². The van der Waals surface area contributed by atoms with E-state index in [-0.39, 0.29) is 49.0 Å². The largest absolute Gasteiger partial charge is 0.496 e. The van der Waals surface area contributed by atoms with E-state index in [0.29, 0.717) is 34.5 Å². The van der Waals surface area contributed by atoms with Crippen molar-refractivity contribution in [3.05, 3.63) is 114 Å². The summed E-state index contributed by atoms with van der Waals surface area (Å²) >= 11 is 2.16. The van der Waals surface area contributed by atoms with Gasteiger partial charge in [-0.1, -0.05) is 36.4 Å². The maximum absolute atomic E-state index is 11.6. The second kappa shape index (κ2) is 33.2. The minimum Gasteiger partial charge on any atom is -0.496 e. The molecule has 3 aromatic heterocycles. The summed E-state index contributed by atoms with van der Waals surface area (Å²) in [5.41, 5.74) is 14.8. The number of hydrogen-bond donors (Lipinski definition) is 7. The van der Waals surface area contributed by atoms with Crippen LogP contribution in [-0.4, -0.2) is 106 Å². The molecule has 6 aromatic rings. The Bertz CT molecular complexity index is 2410. The predicted octanol–water partition coefficient (Wildman–Crippen LogP) is 6.09. The number of nitrogens with two attached hydrogens (primary N) is 2.